The van der Waals surface area contributed by atoms with E-state index in [0.29, 0.717) is 22.8 Å². The Hall–Kier alpha value is -2.96. The van der Waals surface area contributed by atoms with Crippen molar-refractivity contribution in [2.24, 2.45) is 0 Å². The molecule has 2 rings (SSSR count). The van der Waals surface area contributed by atoms with E-state index in [1.54, 1.807) is 51.1 Å². The summed E-state index contributed by atoms with van der Waals surface area (Å²) < 4.78 is 36.2. The van der Waals surface area contributed by atoms with Crippen molar-refractivity contribution in [1.29, 1.82) is 0 Å². The molecule has 0 aliphatic carbocycles. The minimum absolute atomic E-state index is 0.245. The van der Waals surface area contributed by atoms with Crippen LogP contribution < -0.4 is 19.5 Å². The number of amides is 1. The Morgan fingerprint density at radius 1 is 1.00 bits per heavy atom. The second-order valence-corrected chi connectivity index (χ2v) is 7.05. The highest BCUT2D eigenvalue weighted by molar-refractivity contribution is 5.70. The first-order chi connectivity index (χ1) is 13.2. The van der Waals surface area contributed by atoms with Crippen LogP contribution in [0, 0.1) is 5.82 Å². The standard InChI is InChI=1S/C21H26FNO5/c1-21(2,3)28-20(24)23-19(14-9-7-8-10-15(14)22)18-16(26-5)11-13(25-4)12-17(18)27-6/h7-12,19H,1-6H3,(H,23,24). The molecule has 0 aliphatic heterocycles. The Morgan fingerprint density at radius 2 is 1.57 bits per heavy atom. The summed E-state index contributed by atoms with van der Waals surface area (Å²) in [6.07, 6.45) is -0.694. The van der Waals surface area contributed by atoms with E-state index < -0.39 is 23.6 Å². The molecule has 152 valence electrons. The Kier molecular flexibility index (Phi) is 6.72. The molecule has 7 heteroatoms. The van der Waals surface area contributed by atoms with Crippen LogP contribution in [0.4, 0.5) is 9.18 Å². The van der Waals surface area contributed by atoms with Crippen LogP contribution in [0.25, 0.3) is 0 Å². The Balaban J connectivity index is 2.62. The number of alkyl carbamates (subject to hydrolysis) is 1. The maximum Gasteiger partial charge on any atom is 0.408 e. The molecule has 1 amide bonds. The number of hydrogen-bond acceptors (Lipinski definition) is 5. The molecule has 1 unspecified atom stereocenters. The van der Waals surface area contributed by atoms with E-state index in [4.69, 9.17) is 18.9 Å². The average molecular weight is 391 g/mol. The van der Waals surface area contributed by atoms with Crippen LogP contribution in [-0.2, 0) is 4.74 Å². The topological polar surface area (TPSA) is 66.0 Å². The number of hydrogen-bond donors (Lipinski definition) is 1. The van der Waals surface area contributed by atoms with Gasteiger partial charge in [-0.3, -0.25) is 0 Å². The molecule has 0 bridgehead atoms. The van der Waals surface area contributed by atoms with Crippen LogP contribution in [0.3, 0.4) is 0 Å². The van der Waals surface area contributed by atoms with Crippen molar-refractivity contribution < 1.29 is 28.1 Å². The van der Waals surface area contributed by atoms with Gasteiger partial charge in [0.2, 0.25) is 0 Å². The molecular weight excluding hydrogens is 365 g/mol. The summed E-state index contributed by atoms with van der Waals surface area (Å²) >= 11 is 0. The second-order valence-electron chi connectivity index (χ2n) is 7.05. The summed E-state index contributed by atoms with van der Waals surface area (Å²) in [6.45, 7) is 5.25. The molecule has 0 saturated carbocycles. The fourth-order valence-electron chi connectivity index (χ4n) is 2.76. The molecule has 0 radical (unpaired) electrons. The van der Waals surface area contributed by atoms with Crippen LogP contribution in [-0.4, -0.2) is 33.0 Å². The van der Waals surface area contributed by atoms with Crippen LogP contribution in [0.1, 0.15) is 37.9 Å². The molecular formula is C21H26FNO5. The third-order valence-electron chi connectivity index (χ3n) is 3.92. The van der Waals surface area contributed by atoms with Crippen LogP contribution >= 0.6 is 0 Å². The fourth-order valence-corrected chi connectivity index (χ4v) is 2.76. The van der Waals surface area contributed by atoms with Crippen molar-refractivity contribution in [2.45, 2.75) is 32.4 Å². The molecule has 0 aromatic heterocycles. The van der Waals surface area contributed by atoms with Gasteiger partial charge in [0.1, 0.15) is 28.7 Å². The zero-order valence-corrected chi connectivity index (χ0v) is 17.0. The first-order valence-corrected chi connectivity index (χ1v) is 8.74. The predicted molar refractivity (Wildman–Crippen MR) is 104 cm³/mol. The highest BCUT2D eigenvalue weighted by Crippen LogP contribution is 2.41. The summed E-state index contributed by atoms with van der Waals surface area (Å²) in [7, 11) is 4.47. The summed E-state index contributed by atoms with van der Waals surface area (Å²) in [4.78, 5) is 12.5. The smallest absolute Gasteiger partial charge is 0.408 e. The summed E-state index contributed by atoms with van der Waals surface area (Å²) in [5.74, 6) is 0.770. The third kappa shape index (κ3) is 5.06. The van der Waals surface area contributed by atoms with E-state index in [9.17, 15) is 9.18 Å². The van der Waals surface area contributed by atoms with Gasteiger partial charge in [0, 0.05) is 17.7 Å². The van der Waals surface area contributed by atoms with Crippen molar-refractivity contribution in [1.82, 2.24) is 5.32 Å². The number of halogens is 1. The average Bonchev–Trinajstić information content (AvgIpc) is 2.64. The number of methoxy groups -OCH3 is 3. The molecule has 1 atom stereocenters. The lowest BCUT2D eigenvalue weighted by atomic mass is 9.96. The maximum absolute atomic E-state index is 14.6. The van der Waals surface area contributed by atoms with E-state index in [2.05, 4.69) is 5.32 Å². The fraction of sp³-hybridized carbons (Fsp3) is 0.381. The highest BCUT2D eigenvalue weighted by atomic mass is 19.1. The van der Waals surface area contributed by atoms with Gasteiger partial charge in [-0.15, -0.1) is 0 Å². The lowest BCUT2D eigenvalue weighted by Crippen LogP contribution is -2.36. The molecule has 2 aromatic carbocycles. The number of benzene rings is 2. The molecule has 0 saturated heterocycles. The van der Waals surface area contributed by atoms with Crippen LogP contribution in [0.2, 0.25) is 0 Å². The number of ether oxygens (including phenoxy) is 4. The number of rotatable bonds is 6. The predicted octanol–water partition coefficient (Wildman–Crippen LogP) is 4.47. The third-order valence-corrected chi connectivity index (χ3v) is 3.92. The van der Waals surface area contributed by atoms with Crippen molar-refractivity contribution in [3.05, 3.63) is 53.3 Å². The van der Waals surface area contributed by atoms with Crippen molar-refractivity contribution in [2.75, 3.05) is 21.3 Å². The SMILES string of the molecule is COc1cc(OC)c(C(NC(=O)OC(C)(C)C)c2ccccc2F)c(OC)c1. The summed E-state index contributed by atoms with van der Waals surface area (Å²) in [5.41, 5.74) is -0.0188. The van der Waals surface area contributed by atoms with Crippen molar-refractivity contribution >= 4 is 6.09 Å². The van der Waals surface area contributed by atoms with Gasteiger partial charge in [0.05, 0.1) is 32.9 Å². The molecule has 0 aliphatic rings. The van der Waals surface area contributed by atoms with Crippen LogP contribution in [0.5, 0.6) is 17.2 Å². The minimum Gasteiger partial charge on any atom is -0.496 e. The normalized spacial score (nSPS) is 12.1. The van der Waals surface area contributed by atoms with Gasteiger partial charge in [-0.05, 0) is 26.8 Å². The van der Waals surface area contributed by atoms with Gasteiger partial charge in [-0.2, -0.15) is 0 Å². The van der Waals surface area contributed by atoms with Gasteiger partial charge in [-0.25, -0.2) is 9.18 Å². The monoisotopic (exact) mass is 391 g/mol. The van der Waals surface area contributed by atoms with E-state index in [0.717, 1.165) is 0 Å². The van der Waals surface area contributed by atoms with E-state index in [1.165, 1.54) is 27.4 Å². The Bertz CT molecular complexity index is 807. The van der Waals surface area contributed by atoms with E-state index in [-0.39, 0.29) is 5.56 Å². The summed E-state index contributed by atoms with van der Waals surface area (Å²) in [6, 6.07) is 8.54. The van der Waals surface area contributed by atoms with Crippen molar-refractivity contribution in [3.63, 3.8) is 0 Å². The zero-order chi connectivity index (χ0) is 20.9. The molecule has 0 fully saturated rings. The highest BCUT2D eigenvalue weighted by Gasteiger charge is 2.29. The van der Waals surface area contributed by atoms with E-state index in [1.807, 2.05) is 0 Å². The zero-order valence-electron chi connectivity index (χ0n) is 17.0. The molecule has 0 spiro atoms. The van der Waals surface area contributed by atoms with Gasteiger partial charge in [0.25, 0.3) is 0 Å². The van der Waals surface area contributed by atoms with Gasteiger partial charge < -0.3 is 24.3 Å². The van der Waals surface area contributed by atoms with Crippen LogP contribution in [0.15, 0.2) is 36.4 Å². The second kappa shape index (κ2) is 8.82. The number of carbonyl (C=O) groups excluding carboxylic acids is 1. The lowest BCUT2D eigenvalue weighted by Gasteiger charge is -2.26. The molecule has 2 aromatic rings. The maximum atomic E-state index is 14.6. The molecule has 0 heterocycles. The lowest BCUT2D eigenvalue weighted by molar-refractivity contribution is 0.0511. The first kappa shape index (κ1) is 21.3. The largest absolute Gasteiger partial charge is 0.496 e. The van der Waals surface area contributed by atoms with E-state index >= 15 is 0 Å². The van der Waals surface area contributed by atoms with Gasteiger partial charge in [0.15, 0.2) is 0 Å². The quantitative estimate of drug-likeness (QED) is 0.787. The number of nitrogens with one attached hydrogen (secondary N) is 1. The minimum atomic E-state index is -0.910. The Labute approximate surface area is 164 Å². The Morgan fingerprint density at radius 3 is 2.04 bits per heavy atom. The number of carbonyl (C=O) groups is 1. The molecule has 1 N–H and O–H groups in total. The van der Waals surface area contributed by atoms with Gasteiger partial charge in [-0.1, -0.05) is 18.2 Å². The first-order valence-electron chi connectivity index (χ1n) is 8.74. The summed E-state index contributed by atoms with van der Waals surface area (Å²) in [5, 5.41) is 2.73. The van der Waals surface area contributed by atoms with Crippen molar-refractivity contribution in [3.8, 4) is 17.2 Å². The molecule has 6 nitrogen and oxygen atoms in total. The molecule has 28 heavy (non-hydrogen) atoms. The van der Waals surface area contributed by atoms with Gasteiger partial charge >= 0.3 is 6.09 Å².